The second-order valence-electron chi connectivity index (χ2n) is 4.55. The van der Waals surface area contributed by atoms with Gasteiger partial charge in [0.15, 0.2) is 0 Å². The number of halogens is 2. The summed E-state index contributed by atoms with van der Waals surface area (Å²) in [5.41, 5.74) is 3.83. The Morgan fingerprint density at radius 2 is 1.83 bits per heavy atom. The molecule has 0 fully saturated rings. The predicted molar refractivity (Wildman–Crippen MR) is 76.3 cm³/mol. The Labute approximate surface area is 117 Å². The quantitative estimate of drug-likeness (QED) is 0.733. The summed E-state index contributed by atoms with van der Waals surface area (Å²) in [6.45, 7) is 6.12. The summed E-state index contributed by atoms with van der Waals surface area (Å²) < 4.78 is 0. The number of hydrogen-bond acceptors (Lipinski definition) is 2. The number of aromatic nitrogens is 2. The molecule has 1 heterocycles. The first-order valence-electron chi connectivity index (χ1n) is 5.77. The minimum Gasteiger partial charge on any atom is -0.236 e. The number of nitrogens with zero attached hydrogens (tertiary/aromatic N) is 2. The van der Waals surface area contributed by atoms with Gasteiger partial charge in [-0.05, 0) is 24.5 Å². The van der Waals surface area contributed by atoms with Gasteiger partial charge in [-0.1, -0.05) is 49.2 Å². The van der Waals surface area contributed by atoms with Gasteiger partial charge in [0.05, 0.1) is 5.69 Å². The Balaban J connectivity index is 2.63. The molecule has 0 aliphatic heterocycles. The number of hydrogen-bond donors (Lipinski definition) is 0. The van der Waals surface area contributed by atoms with Crippen molar-refractivity contribution in [1.82, 2.24) is 9.97 Å². The standard InChI is InChI=1S/C14H14Cl2N2/c1-8(2)12-13(17-7-18-14(12)16)10-5-4-9(3)11(15)6-10/h4-8H,1-3H3. The van der Waals surface area contributed by atoms with Crippen molar-refractivity contribution >= 4 is 23.2 Å². The van der Waals surface area contributed by atoms with Crippen LogP contribution in [-0.2, 0) is 0 Å². The van der Waals surface area contributed by atoms with Crippen LogP contribution < -0.4 is 0 Å². The minimum atomic E-state index is 0.258. The van der Waals surface area contributed by atoms with Crippen molar-refractivity contribution in [2.75, 3.05) is 0 Å². The lowest BCUT2D eigenvalue weighted by atomic mass is 9.98. The van der Waals surface area contributed by atoms with Crippen LogP contribution in [0.25, 0.3) is 11.3 Å². The highest BCUT2D eigenvalue weighted by Gasteiger charge is 2.15. The zero-order valence-corrected chi connectivity index (χ0v) is 12.0. The third-order valence-corrected chi connectivity index (χ3v) is 3.57. The average Bonchev–Trinajstić information content (AvgIpc) is 2.32. The molecular weight excluding hydrogens is 267 g/mol. The maximum atomic E-state index is 6.16. The fourth-order valence-electron chi connectivity index (χ4n) is 1.86. The van der Waals surface area contributed by atoms with Crippen LogP contribution in [0, 0.1) is 6.92 Å². The van der Waals surface area contributed by atoms with Crippen LogP contribution in [0.2, 0.25) is 10.2 Å². The highest BCUT2D eigenvalue weighted by molar-refractivity contribution is 6.32. The molecule has 4 heteroatoms. The number of rotatable bonds is 2. The number of benzene rings is 1. The maximum Gasteiger partial charge on any atom is 0.136 e. The lowest BCUT2D eigenvalue weighted by molar-refractivity contribution is 0.850. The molecular formula is C14H14Cl2N2. The van der Waals surface area contributed by atoms with E-state index < -0.39 is 0 Å². The fourth-order valence-corrected chi connectivity index (χ4v) is 2.39. The Morgan fingerprint density at radius 3 is 2.44 bits per heavy atom. The Bertz CT molecular complexity index is 580. The average molecular weight is 281 g/mol. The third kappa shape index (κ3) is 2.50. The monoisotopic (exact) mass is 280 g/mol. The Kier molecular flexibility index (Phi) is 3.88. The zero-order valence-electron chi connectivity index (χ0n) is 10.5. The van der Waals surface area contributed by atoms with E-state index >= 15 is 0 Å². The lowest BCUT2D eigenvalue weighted by Gasteiger charge is -2.13. The molecule has 0 bridgehead atoms. The molecule has 2 aromatic rings. The molecule has 1 aromatic carbocycles. The van der Waals surface area contributed by atoms with E-state index in [4.69, 9.17) is 23.2 Å². The maximum absolute atomic E-state index is 6.16. The molecule has 1 aromatic heterocycles. The highest BCUT2D eigenvalue weighted by Crippen LogP contribution is 2.33. The van der Waals surface area contributed by atoms with Gasteiger partial charge in [0.25, 0.3) is 0 Å². The van der Waals surface area contributed by atoms with Crippen molar-refractivity contribution in [3.8, 4) is 11.3 Å². The summed E-state index contributed by atoms with van der Waals surface area (Å²) in [6.07, 6.45) is 1.48. The van der Waals surface area contributed by atoms with Gasteiger partial charge in [-0.15, -0.1) is 0 Å². The summed E-state index contributed by atoms with van der Waals surface area (Å²) in [5, 5.41) is 1.24. The van der Waals surface area contributed by atoms with Crippen LogP contribution in [0.1, 0.15) is 30.9 Å². The fraction of sp³-hybridized carbons (Fsp3) is 0.286. The van der Waals surface area contributed by atoms with Crippen LogP contribution in [-0.4, -0.2) is 9.97 Å². The van der Waals surface area contributed by atoms with Crippen molar-refractivity contribution in [1.29, 1.82) is 0 Å². The summed E-state index contributed by atoms with van der Waals surface area (Å²) in [5.74, 6) is 0.258. The molecule has 0 N–H and O–H groups in total. The van der Waals surface area contributed by atoms with Gasteiger partial charge in [0.2, 0.25) is 0 Å². The van der Waals surface area contributed by atoms with E-state index in [1.165, 1.54) is 6.33 Å². The molecule has 0 aliphatic rings. The van der Waals surface area contributed by atoms with Crippen molar-refractivity contribution in [2.45, 2.75) is 26.7 Å². The largest absolute Gasteiger partial charge is 0.236 e. The van der Waals surface area contributed by atoms with Gasteiger partial charge in [0.1, 0.15) is 11.5 Å². The van der Waals surface area contributed by atoms with Crippen LogP contribution in [0.3, 0.4) is 0 Å². The van der Waals surface area contributed by atoms with E-state index in [1.54, 1.807) is 0 Å². The molecule has 0 atom stereocenters. The van der Waals surface area contributed by atoms with Crippen LogP contribution in [0.4, 0.5) is 0 Å². The molecule has 94 valence electrons. The van der Waals surface area contributed by atoms with Crippen molar-refractivity contribution in [3.05, 3.63) is 45.8 Å². The van der Waals surface area contributed by atoms with E-state index in [-0.39, 0.29) is 5.92 Å². The van der Waals surface area contributed by atoms with Gasteiger partial charge in [-0.25, -0.2) is 9.97 Å². The molecule has 0 aliphatic carbocycles. The first-order chi connectivity index (χ1) is 8.50. The lowest BCUT2D eigenvalue weighted by Crippen LogP contribution is -1.99. The van der Waals surface area contributed by atoms with E-state index in [2.05, 4.69) is 23.8 Å². The molecule has 2 nitrogen and oxygen atoms in total. The summed E-state index contributed by atoms with van der Waals surface area (Å²) in [7, 11) is 0. The van der Waals surface area contributed by atoms with Gasteiger partial charge in [0, 0.05) is 16.1 Å². The Morgan fingerprint density at radius 1 is 1.11 bits per heavy atom. The Hall–Kier alpha value is -1.12. The molecule has 2 rings (SSSR count). The predicted octanol–water partition coefficient (Wildman–Crippen LogP) is 4.88. The molecule has 0 unspecified atom stereocenters. The summed E-state index contributed by atoms with van der Waals surface area (Å²) >= 11 is 12.3. The highest BCUT2D eigenvalue weighted by atomic mass is 35.5. The van der Waals surface area contributed by atoms with Gasteiger partial charge < -0.3 is 0 Å². The third-order valence-electron chi connectivity index (χ3n) is 2.86. The van der Waals surface area contributed by atoms with E-state index in [0.29, 0.717) is 5.15 Å². The summed E-state index contributed by atoms with van der Waals surface area (Å²) in [4.78, 5) is 8.40. The second kappa shape index (κ2) is 5.25. The van der Waals surface area contributed by atoms with E-state index in [1.807, 2.05) is 25.1 Å². The topological polar surface area (TPSA) is 25.8 Å². The van der Waals surface area contributed by atoms with E-state index in [0.717, 1.165) is 27.4 Å². The summed E-state index contributed by atoms with van der Waals surface area (Å²) in [6, 6.07) is 5.91. The van der Waals surface area contributed by atoms with Crippen molar-refractivity contribution in [3.63, 3.8) is 0 Å². The first-order valence-corrected chi connectivity index (χ1v) is 6.53. The molecule has 0 saturated heterocycles. The van der Waals surface area contributed by atoms with E-state index in [9.17, 15) is 0 Å². The molecule has 0 amide bonds. The first kappa shape index (κ1) is 13.3. The van der Waals surface area contributed by atoms with Crippen molar-refractivity contribution in [2.24, 2.45) is 0 Å². The minimum absolute atomic E-state index is 0.258. The van der Waals surface area contributed by atoms with Gasteiger partial charge >= 0.3 is 0 Å². The van der Waals surface area contributed by atoms with Crippen LogP contribution >= 0.6 is 23.2 Å². The molecule has 0 radical (unpaired) electrons. The van der Waals surface area contributed by atoms with Crippen molar-refractivity contribution < 1.29 is 0 Å². The normalized spacial score (nSPS) is 11.0. The molecule has 0 saturated carbocycles. The molecule has 18 heavy (non-hydrogen) atoms. The second-order valence-corrected chi connectivity index (χ2v) is 5.31. The SMILES string of the molecule is Cc1ccc(-c2ncnc(Cl)c2C(C)C)cc1Cl. The zero-order chi connectivity index (χ0) is 13.3. The molecule has 0 spiro atoms. The van der Waals surface area contributed by atoms with Crippen LogP contribution in [0.5, 0.6) is 0 Å². The van der Waals surface area contributed by atoms with Gasteiger partial charge in [-0.3, -0.25) is 0 Å². The smallest absolute Gasteiger partial charge is 0.136 e. The van der Waals surface area contributed by atoms with Gasteiger partial charge in [-0.2, -0.15) is 0 Å². The number of aryl methyl sites for hydroxylation is 1. The van der Waals surface area contributed by atoms with Crippen LogP contribution in [0.15, 0.2) is 24.5 Å².